The van der Waals surface area contributed by atoms with E-state index in [0.717, 1.165) is 11.8 Å². The van der Waals surface area contributed by atoms with Crippen molar-refractivity contribution in [2.45, 2.75) is 19.1 Å². The third-order valence-electron chi connectivity index (χ3n) is 3.56. The van der Waals surface area contributed by atoms with Gasteiger partial charge >= 0.3 is 6.18 Å². The molecule has 0 N–H and O–H groups in total. The molecule has 116 valence electrons. The molecule has 0 radical (unpaired) electrons. The lowest BCUT2D eigenvalue weighted by atomic mass is 10.0. The molecule has 0 saturated carbocycles. The van der Waals surface area contributed by atoms with Crippen LogP contribution >= 0.6 is 11.6 Å². The molecule has 2 aromatic rings. The number of fused-ring (bicyclic) bond motifs is 1. The first-order chi connectivity index (χ1) is 10.4. The average Bonchev–Trinajstić information content (AvgIpc) is 2.45. The number of hydrogen-bond acceptors (Lipinski definition) is 3. The number of nitrogens with zero attached hydrogens (tertiary/aromatic N) is 3. The molecule has 22 heavy (non-hydrogen) atoms. The van der Waals surface area contributed by atoms with Crippen LogP contribution in [0.1, 0.15) is 16.7 Å². The fraction of sp³-hybridized carbons (Fsp3) is 0.286. The van der Waals surface area contributed by atoms with Crippen molar-refractivity contribution in [3.05, 3.63) is 52.2 Å². The van der Waals surface area contributed by atoms with Gasteiger partial charge in [0.15, 0.2) is 0 Å². The molecule has 0 amide bonds. The molecule has 0 spiro atoms. The van der Waals surface area contributed by atoms with E-state index in [9.17, 15) is 17.6 Å². The number of pyridine rings is 2. The lowest BCUT2D eigenvalue weighted by Crippen LogP contribution is -2.32. The van der Waals surface area contributed by atoms with Crippen LogP contribution in [0.25, 0.3) is 0 Å². The van der Waals surface area contributed by atoms with Crippen molar-refractivity contribution in [3.63, 3.8) is 0 Å². The zero-order chi connectivity index (χ0) is 15.9. The third-order valence-corrected chi connectivity index (χ3v) is 3.87. The predicted octanol–water partition coefficient (Wildman–Crippen LogP) is 3.85. The van der Waals surface area contributed by atoms with Crippen molar-refractivity contribution in [3.8, 4) is 0 Å². The molecule has 0 bridgehead atoms. The molecule has 3 heterocycles. The van der Waals surface area contributed by atoms with Crippen LogP contribution in [-0.2, 0) is 19.1 Å². The molecule has 8 heteroatoms. The largest absolute Gasteiger partial charge is 0.419 e. The fourth-order valence-electron chi connectivity index (χ4n) is 2.44. The van der Waals surface area contributed by atoms with E-state index in [1.54, 1.807) is 11.0 Å². The highest BCUT2D eigenvalue weighted by Crippen LogP contribution is 2.36. The normalized spacial score (nSPS) is 14.9. The maximum Gasteiger partial charge on any atom is 0.419 e. The van der Waals surface area contributed by atoms with Gasteiger partial charge in [-0.1, -0.05) is 11.6 Å². The van der Waals surface area contributed by atoms with Crippen LogP contribution in [0.4, 0.5) is 23.4 Å². The van der Waals surface area contributed by atoms with Crippen LogP contribution in [-0.4, -0.2) is 16.5 Å². The van der Waals surface area contributed by atoms with Gasteiger partial charge in [-0.3, -0.25) is 0 Å². The van der Waals surface area contributed by atoms with Crippen LogP contribution in [0.2, 0.25) is 5.02 Å². The van der Waals surface area contributed by atoms with E-state index in [4.69, 9.17) is 11.6 Å². The van der Waals surface area contributed by atoms with Crippen molar-refractivity contribution in [2.75, 3.05) is 11.4 Å². The highest BCUT2D eigenvalue weighted by molar-refractivity contribution is 6.31. The predicted molar refractivity (Wildman–Crippen MR) is 73.2 cm³/mol. The molecule has 0 unspecified atom stereocenters. The van der Waals surface area contributed by atoms with Crippen molar-refractivity contribution in [1.29, 1.82) is 0 Å². The summed E-state index contributed by atoms with van der Waals surface area (Å²) in [5, 5.41) is -0.399. The van der Waals surface area contributed by atoms with Gasteiger partial charge in [-0.05, 0) is 24.1 Å². The van der Waals surface area contributed by atoms with E-state index in [0.29, 0.717) is 30.9 Å². The van der Waals surface area contributed by atoms with Gasteiger partial charge in [-0.15, -0.1) is 0 Å². The van der Waals surface area contributed by atoms with E-state index in [1.807, 2.05) is 0 Å². The Balaban J connectivity index is 1.89. The lowest BCUT2D eigenvalue weighted by Gasteiger charge is -2.30. The van der Waals surface area contributed by atoms with E-state index < -0.39 is 22.7 Å². The van der Waals surface area contributed by atoms with Gasteiger partial charge in [0.2, 0.25) is 5.95 Å². The lowest BCUT2D eigenvalue weighted by molar-refractivity contribution is -0.137. The Kier molecular flexibility index (Phi) is 3.68. The first-order valence-electron chi connectivity index (χ1n) is 6.46. The van der Waals surface area contributed by atoms with Crippen LogP contribution < -0.4 is 4.90 Å². The Hall–Kier alpha value is -1.89. The molecule has 0 atom stereocenters. The van der Waals surface area contributed by atoms with E-state index in [1.165, 1.54) is 12.3 Å². The maximum absolute atomic E-state index is 13.6. The molecule has 0 fully saturated rings. The minimum atomic E-state index is -4.54. The number of aromatic nitrogens is 2. The summed E-state index contributed by atoms with van der Waals surface area (Å²) in [6.07, 6.45) is -2.04. The Morgan fingerprint density at radius 3 is 2.68 bits per heavy atom. The monoisotopic (exact) mass is 331 g/mol. The Bertz CT molecular complexity index is 718. The number of hydrogen-bond donors (Lipinski definition) is 0. The second kappa shape index (κ2) is 5.39. The van der Waals surface area contributed by atoms with Crippen molar-refractivity contribution in [2.24, 2.45) is 0 Å². The molecular formula is C14H10ClF4N3. The Labute approximate surface area is 128 Å². The Morgan fingerprint density at radius 2 is 2.00 bits per heavy atom. The van der Waals surface area contributed by atoms with Crippen LogP contribution in [0.5, 0.6) is 0 Å². The smallest absolute Gasteiger partial charge is 0.352 e. The third kappa shape index (κ3) is 2.72. The summed E-state index contributed by atoms with van der Waals surface area (Å²) in [6, 6.07) is 2.88. The summed E-state index contributed by atoms with van der Waals surface area (Å²) >= 11 is 5.70. The SMILES string of the molecule is Fc1nccc2c1CCN(c1cc(Cl)c(C(F)(F)F)cn1)C2. The van der Waals surface area contributed by atoms with Crippen LogP contribution in [0, 0.1) is 5.95 Å². The summed E-state index contributed by atoms with van der Waals surface area (Å²) in [6.45, 7) is 0.785. The van der Waals surface area contributed by atoms with Gasteiger partial charge in [0.1, 0.15) is 5.82 Å². The zero-order valence-corrected chi connectivity index (χ0v) is 11.9. The topological polar surface area (TPSA) is 29.0 Å². The van der Waals surface area contributed by atoms with E-state index >= 15 is 0 Å². The van der Waals surface area contributed by atoms with Crippen molar-refractivity contribution < 1.29 is 17.6 Å². The molecule has 0 saturated heterocycles. The van der Waals surface area contributed by atoms with Crippen LogP contribution in [0.15, 0.2) is 24.5 Å². The van der Waals surface area contributed by atoms with E-state index in [-0.39, 0.29) is 0 Å². The minimum absolute atomic E-state index is 0.334. The Morgan fingerprint density at radius 1 is 1.23 bits per heavy atom. The molecule has 3 nitrogen and oxygen atoms in total. The highest BCUT2D eigenvalue weighted by Gasteiger charge is 2.34. The van der Waals surface area contributed by atoms with Gasteiger partial charge in [0.05, 0.1) is 10.6 Å². The first kappa shape index (κ1) is 15.0. The zero-order valence-electron chi connectivity index (χ0n) is 11.2. The summed E-state index contributed by atoms with van der Waals surface area (Å²) in [5.41, 5.74) is 0.318. The van der Waals surface area contributed by atoms with Crippen molar-refractivity contribution in [1.82, 2.24) is 9.97 Å². The summed E-state index contributed by atoms with van der Waals surface area (Å²) < 4.78 is 51.6. The van der Waals surface area contributed by atoms with Gasteiger partial charge in [0.25, 0.3) is 0 Å². The molecule has 2 aromatic heterocycles. The molecule has 0 aliphatic carbocycles. The van der Waals surface area contributed by atoms with Gasteiger partial charge in [0, 0.05) is 31.0 Å². The molecule has 1 aliphatic heterocycles. The number of alkyl halides is 3. The average molecular weight is 332 g/mol. The summed E-state index contributed by atoms with van der Waals surface area (Å²) in [4.78, 5) is 9.19. The number of halogens is 5. The molecular weight excluding hydrogens is 322 g/mol. The number of anilines is 1. The summed E-state index contributed by atoms with van der Waals surface area (Å²) in [5.74, 6) is -0.170. The van der Waals surface area contributed by atoms with Gasteiger partial charge < -0.3 is 4.90 Å². The van der Waals surface area contributed by atoms with Gasteiger partial charge in [-0.2, -0.15) is 17.6 Å². The van der Waals surface area contributed by atoms with Crippen molar-refractivity contribution >= 4 is 17.4 Å². The molecule has 3 rings (SSSR count). The molecule has 1 aliphatic rings. The maximum atomic E-state index is 13.6. The standard InChI is InChI=1S/C14H10ClF4N3/c15-11-5-12(21-6-10(11)14(17,18)19)22-4-2-9-8(7-22)1-3-20-13(9)16/h1,3,5-6H,2,4,7H2. The molecule has 0 aromatic carbocycles. The fourth-order valence-corrected chi connectivity index (χ4v) is 2.70. The second-order valence-electron chi connectivity index (χ2n) is 4.93. The summed E-state index contributed by atoms with van der Waals surface area (Å²) in [7, 11) is 0. The number of rotatable bonds is 1. The second-order valence-corrected chi connectivity index (χ2v) is 5.34. The highest BCUT2D eigenvalue weighted by atomic mass is 35.5. The van der Waals surface area contributed by atoms with Gasteiger partial charge in [-0.25, -0.2) is 9.97 Å². The van der Waals surface area contributed by atoms with Crippen LogP contribution in [0.3, 0.4) is 0 Å². The first-order valence-corrected chi connectivity index (χ1v) is 6.84. The quantitative estimate of drug-likeness (QED) is 0.587. The van der Waals surface area contributed by atoms with E-state index in [2.05, 4.69) is 9.97 Å². The minimum Gasteiger partial charge on any atom is -0.352 e.